The van der Waals surface area contributed by atoms with E-state index in [4.69, 9.17) is 0 Å². The quantitative estimate of drug-likeness (QED) is 0.669. The number of aromatic amines is 1. The SMILES string of the molecule is O=C(O)c1ccc2[nH]ncc2c1Nc1ccc(Br)cc1F. The molecule has 0 saturated heterocycles. The number of carboxylic acids is 1. The summed E-state index contributed by atoms with van der Waals surface area (Å²) in [7, 11) is 0. The Hall–Kier alpha value is -2.41. The van der Waals surface area contributed by atoms with Gasteiger partial charge < -0.3 is 10.4 Å². The lowest BCUT2D eigenvalue weighted by Gasteiger charge is -2.12. The minimum atomic E-state index is -1.10. The Kier molecular flexibility index (Phi) is 3.34. The Bertz CT molecular complexity index is 847. The van der Waals surface area contributed by atoms with E-state index in [2.05, 4.69) is 31.4 Å². The molecule has 21 heavy (non-hydrogen) atoms. The third-order valence-corrected chi connectivity index (χ3v) is 3.54. The van der Waals surface area contributed by atoms with Crippen molar-refractivity contribution in [1.82, 2.24) is 10.2 Å². The van der Waals surface area contributed by atoms with Crippen LogP contribution in [0.3, 0.4) is 0 Å². The topological polar surface area (TPSA) is 78.0 Å². The van der Waals surface area contributed by atoms with Gasteiger partial charge in [-0.1, -0.05) is 15.9 Å². The second-order valence-corrected chi connectivity index (χ2v) is 5.29. The van der Waals surface area contributed by atoms with Gasteiger partial charge in [-0.2, -0.15) is 5.10 Å². The number of anilines is 2. The van der Waals surface area contributed by atoms with Gasteiger partial charge in [-0.3, -0.25) is 5.10 Å². The molecule has 2 aromatic carbocycles. The molecule has 3 N–H and O–H groups in total. The molecule has 0 saturated carbocycles. The Morgan fingerprint density at radius 1 is 1.33 bits per heavy atom. The van der Waals surface area contributed by atoms with Gasteiger partial charge in [0.25, 0.3) is 0 Å². The van der Waals surface area contributed by atoms with Crippen LogP contribution in [0.4, 0.5) is 15.8 Å². The van der Waals surface area contributed by atoms with E-state index in [1.165, 1.54) is 24.4 Å². The summed E-state index contributed by atoms with van der Waals surface area (Å²) in [4.78, 5) is 11.3. The number of halogens is 2. The number of hydrogen-bond donors (Lipinski definition) is 3. The fraction of sp³-hybridized carbons (Fsp3) is 0. The highest BCUT2D eigenvalue weighted by molar-refractivity contribution is 9.10. The van der Waals surface area contributed by atoms with E-state index < -0.39 is 11.8 Å². The number of fused-ring (bicyclic) bond motifs is 1. The van der Waals surface area contributed by atoms with Gasteiger partial charge in [0, 0.05) is 9.86 Å². The van der Waals surface area contributed by atoms with Crippen molar-refractivity contribution in [1.29, 1.82) is 0 Å². The molecule has 0 aliphatic rings. The molecule has 3 aromatic rings. The minimum absolute atomic E-state index is 0.0474. The lowest BCUT2D eigenvalue weighted by Crippen LogP contribution is -2.04. The smallest absolute Gasteiger partial charge is 0.337 e. The van der Waals surface area contributed by atoms with E-state index in [1.807, 2.05) is 0 Å². The van der Waals surface area contributed by atoms with Crippen molar-refractivity contribution < 1.29 is 14.3 Å². The summed E-state index contributed by atoms with van der Waals surface area (Å²) in [5, 5.41) is 19.3. The molecule has 0 amide bonds. The van der Waals surface area contributed by atoms with Crippen molar-refractivity contribution in [2.45, 2.75) is 0 Å². The van der Waals surface area contributed by atoms with Crippen molar-refractivity contribution in [3.05, 3.63) is 52.4 Å². The van der Waals surface area contributed by atoms with Crippen LogP contribution >= 0.6 is 15.9 Å². The Labute approximate surface area is 126 Å². The summed E-state index contributed by atoms with van der Waals surface area (Å²) in [6, 6.07) is 7.57. The molecule has 0 fully saturated rings. The van der Waals surface area contributed by atoms with Crippen LogP contribution in [0.15, 0.2) is 41.0 Å². The predicted molar refractivity (Wildman–Crippen MR) is 80.4 cm³/mol. The number of nitrogens with zero attached hydrogens (tertiary/aromatic N) is 1. The highest BCUT2D eigenvalue weighted by Gasteiger charge is 2.16. The van der Waals surface area contributed by atoms with Crippen LogP contribution in [-0.4, -0.2) is 21.3 Å². The molecule has 1 aromatic heterocycles. The number of carbonyl (C=O) groups is 1. The van der Waals surface area contributed by atoms with E-state index >= 15 is 0 Å². The van der Waals surface area contributed by atoms with Crippen LogP contribution in [0.1, 0.15) is 10.4 Å². The molecule has 5 nitrogen and oxygen atoms in total. The lowest BCUT2D eigenvalue weighted by molar-refractivity contribution is 0.0698. The first-order valence-corrected chi connectivity index (χ1v) is 6.77. The number of hydrogen-bond acceptors (Lipinski definition) is 3. The maximum absolute atomic E-state index is 13.9. The van der Waals surface area contributed by atoms with Crippen molar-refractivity contribution in [2.24, 2.45) is 0 Å². The Balaban J connectivity index is 2.16. The van der Waals surface area contributed by atoms with Gasteiger partial charge in [0.15, 0.2) is 0 Å². The first-order chi connectivity index (χ1) is 10.1. The second-order valence-electron chi connectivity index (χ2n) is 4.37. The number of nitrogens with one attached hydrogen (secondary N) is 2. The summed E-state index contributed by atoms with van der Waals surface area (Å²) < 4.78 is 14.5. The molecule has 0 radical (unpaired) electrons. The normalized spacial score (nSPS) is 10.8. The first kappa shape index (κ1) is 13.6. The minimum Gasteiger partial charge on any atom is -0.478 e. The van der Waals surface area contributed by atoms with E-state index in [0.29, 0.717) is 21.1 Å². The second kappa shape index (κ2) is 5.17. The molecule has 106 valence electrons. The molecular formula is C14H9BrFN3O2. The molecule has 0 atom stereocenters. The van der Waals surface area contributed by atoms with Crippen LogP contribution in [0.25, 0.3) is 10.9 Å². The van der Waals surface area contributed by atoms with Gasteiger partial charge in [0.05, 0.1) is 28.7 Å². The van der Waals surface area contributed by atoms with Gasteiger partial charge in [-0.15, -0.1) is 0 Å². The highest BCUT2D eigenvalue weighted by atomic mass is 79.9. The van der Waals surface area contributed by atoms with Crippen LogP contribution in [0, 0.1) is 5.82 Å². The average molecular weight is 350 g/mol. The van der Waals surface area contributed by atoms with Gasteiger partial charge >= 0.3 is 5.97 Å². The van der Waals surface area contributed by atoms with E-state index in [9.17, 15) is 14.3 Å². The van der Waals surface area contributed by atoms with Crippen LogP contribution in [-0.2, 0) is 0 Å². The van der Waals surface area contributed by atoms with Crippen molar-refractivity contribution in [3.63, 3.8) is 0 Å². The summed E-state index contributed by atoms with van der Waals surface area (Å²) in [6.45, 7) is 0. The van der Waals surface area contributed by atoms with Crippen LogP contribution in [0.2, 0.25) is 0 Å². The standard InChI is InChI=1S/C14H9BrFN3O2/c15-7-1-3-12(10(16)5-7)18-13-8(14(20)21)2-4-11-9(13)6-17-19-11/h1-6,18H,(H,17,19)(H,20,21). The number of H-pyrrole nitrogens is 1. The fourth-order valence-corrected chi connectivity index (χ4v) is 2.39. The third-order valence-electron chi connectivity index (χ3n) is 3.05. The fourth-order valence-electron chi connectivity index (χ4n) is 2.06. The maximum atomic E-state index is 13.9. The molecule has 1 heterocycles. The lowest BCUT2D eigenvalue weighted by atomic mass is 10.1. The molecule has 0 unspecified atom stereocenters. The molecule has 3 rings (SSSR count). The number of aromatic carboxylic acids is 1. The van der Waals surface area contributed by atoms with Crippen molar-refractivity contribution in [2.75, 3.05) is 5.32 Å². The Morgan fingerprint density at radius 3 is 2.86 bits per heavy atom. The zero-order valence-electron chi connectivity index (χ0n) is 10.5. The number of benzene rings is 2. The zero-order chi connectivity index (χ0) is 15.0. The van der Waals surface area contributed by atoms with Gasteiger partial charge in [0.1, 0.15) is 5.82 Å². The number of carboxylic acid groups (broad SMARTS) is 1. The van der Waals surface area contributed by atoms with E-state index in [-0.39, 0.29) is 11.3 Å². The van der Waals surface area contributed by atoms with E-state index in [1.54, 1.807) is 12.1 Å². The summed E-state index contributed by atoms with van der Waals surface area (Å²) in [5.74, 6) is -1.58. The molecule has 0 aliphatic carbocycles. The molecule has 7 heteroatoms. The first-order valence-electron chi connectivity index (χ1n) is 5.97. The van der Waals surface area contributed by atoms with Gasteiger partial charge in [-0.25, -0.2) is 9.18 Å². The summed E-state index contributed by atoms with van der Waals surface area (Å²) in [6.07, 6.45) is 1.50. The summed E-state index contributed by atoms with van der Waals surface area (Å²) >= 11 is 3.18. The monoisotopic (exact) mass is 349 g/mol. The Morgan fingerprint density at radius 2 is 2.14 bits per heavy atom. The highest BCUT2D eigenvalue weighted by Crippen LogP contribution is 2.31. The molecule has 0 bridgehead atoms. The van der Waals surface area contributed by atoms with Gasteiger partial charge in [0.2, 0.25) is 0 Å². The predicted octanol–water partition coefficient (Wildman–Crippen LogP) is 3.91. The number of aromatic nitrogens is 2. The van der Waals surface area contributed by atoms with Crippen LogP contribution in [0.5, 0.6) is 0 Å². The van der Waals surface area contributed by atoms with Crippen LogP contribution < -0.4 is 5.32 Å². The van der Waals surface area contributed by atoms with Crippen molar-refractivity contribution >= 4 is 44.2 Å². The summed E-state index contributed by atoms with van der Waals surface area (Å²) in [5.41, 5.74) is 1.20. The van der Waals surface area contributed by atoms with Crippen molar-refractivity contribution in [3.8, 4) is 0 Å². The molecule has 0 aliphatic heterocycles. The number of rotatable bonds is 3. The molecule has 0 spiro atoms. The zero-order valence-corrected chi connectivity index (χ0v) is 12.1. The average Bonchev–Trinajstić information content (AvgIpc) is 2.90. The van der Waals surface area contributed by atoms with E-state index in [0.717, 1.165) is 0 Å². The molecular weight excluding hydrogens is 341 g/mol. The largest absolute Gasteiger partial charge is 0.478 e. The third kappa shape index (κ3) is 2.47. The maximum Gasteiger partial charge on any atom is 0.337 e. The van der Waals surface area contributed by atoms with Gasteiger partial charge in [-0.05, 0) is 30.3 Å².